The molecule has 0 unspecified atom stereocenters. The second-order valence-electron chi connectivity index (χ2n) is 8.68. The molecule has 4 aromatic rings. The van der Waals surface area contributed by atoms with E-state index in [2.05, 4.69) is 40.7 Å². The minimum absolute atomic E-state index is 0.256. The maximum atomic E-state index is 14.0. The van der Waals surface area contributed by atoms with Crippen LogP contribution in [0.25, 0.3) is 11.4 Å². The monoisotopic (exact) mass is 491 g/mol. The van der Waals surface area contributed by atoms with Crippen molar-refractivity contribution in [3.8, 4) is 17.1 Å². The lowest BCUT2D eigenvalue weighted by atomic mass is 10.1. The molecule has 0 spiro atoms. The van der Waals surface area contributed by atoms with Gasteiger partial charge in [-0.25, -0.2) is 9.37 Å². The molecule has 1 heterocycles. The third kappa shape index (κ3) is 6.50. The van der Waals surface area contributed by atoms with Gasteiger partial charge in [-0.3, -0.25) is 4.90 Å². The molecule has 0 amide bonds. The Morgan fingerprint density at radius 2 is 1.80 bits per heavy atom. The van der Waals surface area contributed by atoms with Gasteiger partial charge < -0.3 is 9.30 Å². The molecular formula is C29H31ClFN3O. The molecule has 35 heavy (non-hydrogen) atoms. The number of rotatable bonds is 11. The number of imidazole rings is 1. The second-order valence-corrected chi connectivity index (χ2v) is 9.08. The number of methoxy groups -OCH3 is 1. The molecule has 0 fully saturated rings. The minimum atomic E-state index is -0.256. The van der Waals surface area contributed by atoms with Gasteiger partial charge >= 0.3 is 0 Å². The molecular weight excluding hydrogens is 461 g/mol. The van der Waals surface area contributed by atoms with E-state index < -0.39 is 0 Å². The van der Waals surface area contributed by atoms with Crippen molar-refractivity contribution in [2.45, 2.75) is 45.9 Å². The summed E-state index contributed by atoms with van der Waals surface area (Å²) in [4.78, 5) is 7.07. The van der Waals surface area contributed by atoms with Gasteiger partial charge in [-0.05, 0) is 41.8 Å². The Bertz CT molecular complexity index is 1240. The van der Waals surface area contributed by atoms with Gasteiger partial charge in [-0.1, -0.05) is 73.5 Å². The van der Waals surface area contributed by atoms with E-state index >= 15 is 0 Å². The number of nitrogens with zero attached hydrogens (tertiary/aromatic N) is 3. The fourth-order valence-electron chi connectivity index (χ4n) is 4.22. The highest BCUT2D eigenvalue weighted by Gasteiger charge is 2.17. The van der Waals surface area contributed by atoms with Crippen LogP contribution in [0, 0.1) is 5.82 Å². The maximum Gasteiger partial charge on any atom is 0.140 e. The van der Waals surface area contributed by atoms with Crippen molar-refractivity contribution in [2.24, 2.45) is 0 Å². The van der Waals surface area contributed by atoms with E-state index in [-0.39, 0.29) is 5.82 Å². The van der Waals surface area contributed by atoms with E-state index in [4.69, 9.17) is 21.3 Å². The summed E-state index contributed by atoms with van der Waals surface area (Å²) in [6.45, 7) is 5.12. The highest BCUT2D eigenvalue weighted by atomic mass is 35.5. The highest BCUT2D eigenvalue weighted by Crippen LogP contribution is 2.27. The fraction of sp³-hybridized carbons (Fsp3) is 0.276. The van der Waals surface area contributed by atoms with Gasteiger partial charge in [0.15, 0.2) is 0 Å². The normalized spacial score (nSPS) is 11.2. The van der Waals surface area contributed by atoms with Crippen molar-refractivity contribution in [3.63, 3.8) is 0 Å². The first-order valence-electron chi connectivity index (χ1n) is 12.0. The van der Waals surface area contributed by atoms with Crippen LogP contribution >= 0.6 is 11.6 Å². The van der Waals surface area contributed by atoms with Crippen molar-refractivity contribution in [1.29, 1.82) is 0 Å². The lowest BCUT2D eigenvalue weighted by Crippen LogP contribution is -2.24. The molecule has 4 rings (SSSR count). The van der Waals surface area contributed by atoms with Crippen molar-refractivity contribution in [2.75, 3.05) is 7.11 Å². The van der Waals surface area contributed by atoms with Gasteiger partial charge in [-0.2, -0.15) is 0 Å². The van der Waals surface area contributed by atoms with E-state index in [9.17, 15) is 4.39 Å². The first kappa shape index (κ1) is 25.0. The number of aromatic nitrogens is 2. The van der Waals surface area contributed by atoms with Crippen LogP contribution in [0.3, 0.4) is 0 Å². The molecule has 0 saturated heterocycles. The van der Waals surface area contributed by atoms with Gasteiger partial charge in [0.05, 0.1) is 19.0 Å². The summed E-state index contributed by atoms with van der Waals surface area (Å²) in [5, 5.41) is 0.683. The van der Waals surface area contributed by atoms with Gasteiger partial charge in [0.25, 0.3) is 0 Å². The largest absolute Gasteiger partial charge is 0.497 e. The second kappa shape index (κ2) is 12.0. The van der Waals surface area contributed by atoms with Gasteiger partial charge in [0.2, 0.25) is 0 Å². The van der Waals surface area contributed by atoms with Crippen LogP contribution < -0.4 is 4.74 Å². The van der Waals surface area contributed by atoms with Gasteiger partial charge in [0, 0.05) is 36.8 Å². The quantitative estimate of drug-likeness (QED) is 0.219. The summed E-state index contributed by atoms with van der Waals surface area (Å²) < 4.78 is 21.5. The molecule has 182 valence electrons. The van der Waals surface area contributed by atoms with Crippen LogP contribution in [0.5, 0.6) is 5.75 Å². The lowest BCUT2D eigenvalue weighted by molar-refractivity contribution is 0.241. The number of hydrogen-bond acceptors (Lipinski definition) is 3. The Balaban J connectivity index is 1.66. The van der Waals surface area contributed by atoms with Crippen LogP contribution in [0.1, 0.15) is 36.6 Å². The Labute approximate surface area is 212 Å². The summed E-state index contributed by atoms with van der Waals surface area (Å²) in [6.07, 6.45) is 4.01. The number of benzene rings is 3. The number of unbranched alkanes of at least 4 members (excludes halogenated alkanes) is 1. The molecule has 0 aliphatic heterocycles. The molecule has 0 saturated carbocycles. The van der Waals surface area contributed by atoms with Crippen LogP contribution in [-0.2, 0) is 26.2 Å². The third-order valence-electron chi connectivity index (χ3n) is 6.05. The van der Waals surface area contributed by atoms with Crippen molar-refractivity contribution >= 4 is 11.6 Å². The minimum Gasteiger partial charge on any atom is -0.497 e. The zero-order valence-electron chi connectivity index (χ0n) is 20.3. The number of halogens is 2. The maximum absolute atomic E-state index is 14.0. The van der Waals surface area contributed by atoms with E-state index in [1.807, 2.05) is 36.5 Å². The van der Waals surface area contributed by atoms with Crippen molar-refractivity contribution in [1.82, 2.24) is 14.5 Å². The number of ether oxygens (including phenoxy) is 1. The zero-order valence-corrected chi connectivity index (χ0v) is 21.0. The predicted molar refractivity (Wildman–Crippen MR) is 140 cm³/mol. The third-order valence-corrected chi connectivity index (χ3v) is 6.40. The summed E-state index contributed by atoms with van der Waals surface area (Å²) in [5.74, 6) is 1.29. The Morgan fingerprint density at radius 3 is 2.51 bits per heavy atom. The molecule has 0 aliphatic carbocycles. The summed E-state index contributed by atoms with van der Waals surface area (Å²) in [5.41, 5.74) is 4.15. The number of hydrogen-bond donors (Lipinski definition) is 0. The molecule has 0 bridgehead atoms. The summed E-state index contributed by atoms with van der Waals surface area (Å²) in [7, 11) is 1.64. The van der Waals surface area contributed by atoms with Crippen LogP contribution in [0.4, 0.5) is 4.39 Å². The average Bonchev–Trinajstić information content (AvgIpc) is 3.26. The summed E-state index contributed by atoms with van der Waals surface area (Å²) in [6, 6.07) is 22.9. The molecule has 6 heteroatoms. The van der Waals surface area contributed by atoms with E-state index in [1.165, 1.54) is 11.6 Å². The van der Waals surface area contributed by atoms with E-state index in [0.29, 0.717) is 18.1 Å². The van der Waals surface area contributed by atoms with Crippen molar-refractivity contribution < 1.29 is 9.13 Å². The molecule has 1 aromatic heterocycles. The van der Waals surface area contributed by atoms with E-state index in [0.717, 1.165) is 54.3 Å². The van der Waals surface area contributed by atoms with Crippen LogP contribution in [0.2, 0.25) is 5.02 Å². The van der Waals surface area contributed by atoms with Gasteiger partial charge in [-0.15, -0.1) is 0 Å². The molecule has 0 atom stereocenters. The predicted octanol–water partition coefficient (Wildman–Crippen LogP) is 7.35. The zero-order chi connectivity index (χ0) is 24.6. The smallest absolute Gasteiger partial charge is 0.140 e. The average molecular weight is 492 g/mol. The van der Waals surface area contributed by atoms with Gasteiger partial charge in [0.1, 0.15) is 17.4 Å². The Kier molecular flexibility index (Phi) is 8.56. The van der Waals surface area contributed by atoms with Crippen molar-refractivity contribution in [3.05, 3.63) is 107 Å². The topological polar surface area (TPSA) is 30.3 Å². The van der Waals surface area contributed by atoms with Crippen LogP contribution in [0.15, 0.2) is 79.0 Å². The van der Waals surface area contributed by atoms with Crippen LogP contribution in [-0.4, -0.2) is 21.6 Å². The molecule has 0 aliphatic rings. The Hall–Kier alpha value is -3.15. The first-order valence-corrected chi connectivity index (χ1v) is 12.3. The highest BCUT2D eigenvalue weighted by molar-refractivity contribution is 6.31. The summed E-state index contributed by atoms with van der Waals surface area (Å²) >= 11 is 6.60. The SMILES string of the molecule is CCCCn1c(CN(Cc2ccccc2)Cc2ccc(OC)cc2Cl)cnc1-c1cccc(F)c1. The molecule has 3 aromatic carbocycles. The fourth-order valence-corrected chi connectivity index (χ4v) is 4.45. The molecule has 0 radical (unpaired) electrons. The Morgan fingerprint density at radius 1 is 0.971 bits per heavy atom. The molecule has 0 N–H and O–H groups in total. The first-order chi connectivity index (χ1) is 17.1. The van der Waals surface area contributed by atoms with E-state index in [1.54, 1.807) is 19.2 Å². The molecule has 4 nitrogen and oxygen atoms in total. The standard InChI is InChI=1S/C29H31ClFN3O/c1-3-4-15-34-26(18-32-29(34)23-11-8-12-25(31)16-23)21-33(19-22-9-6-5-7-10-22)20-24-13-14-27(35-2)17-28(24)30/h5-14,16-18H,3-4,15,19-21H2,1-2H3. The lowest BCUT2D eigenvalue weighted by Gasteiger charge is -2.24.